The van der Waals surface area contributed by atoms with Gasteiger partial charge in [0.25, 0.3) is 0 Å². The van der Waals surface area contributed by atoms with Gasteiger partial charge < -0.3 is 4.90 Å². The fourth-order valence-corrected chi connectivity index (χ4v) is 3.95. The first kappa shape index (κ1) is 13.8. The molecule has 0 spiro atoms. The largest absolute Gasteiger partial charge is 0.302 e. The number of nitrogens with zero attached hydrogens (tertiary/aromatic N) is 1. The summed E-state index contributed by atoms with van der Waals surface area (Å²) in [4.78, 5) is 4.26. The molecule has 2 aromatic rings. The number of rotatable bonds is 2. The number of thiophene rings is 1. The Bertz CT molecular complexity index is 630. The van der Waals surface area contributed by atoms with Crippen molar-refractivity contribution in [3.8, 4) is 10.4 Å². The maximum Gasteiger partial charge on any atom is 0.137 e. The molecule has 0 bridgehead atoms. The quantitative estimate of drug-likeness (QED) is 0.777. The summed E-state index contributed by atoms with van der Waals surface area (Å²) in [7, 11) is 2.15. The van der Waals surface area contributed by atoms with Crippen LogP contribution < -0.4 is 0 Å². The van der Waals surface area contributed by atoms with Crippen LogP contribution in [-0.4, -0.2) is 18.5 Å². The van der Waals surface area contributed by atoms with E-state index in [9.17, 15) is 4.39 Å². The van der Waals surface area contributed by atoms with Gasteiger partial charge in [0.15, 0.2) is 0 Å². The molecule has 0 fully saturated rings. The predicted octanol–water partition coefficient (Wildman–Crippen LogP) is 4.67. The molecule has 106 valence electrons. The molecule has 20 heavy (non-hydrogen) atoms. The second-order valence-electron chi connectivity index (χ2n) is 5.91. The van der Waals surface area contributed by atoms with Crippen LogP contribution in [0.1, 0.15) is 35.8 Å². The van der Waals surface area contributed by atoms with Crippen molar-refractivity contribution in [1.82, 2.24) is 4.90 Å². The molecule has 1 aromatic heterocycles. The highest BCUT2D eigenvalue weighted by molar-refractivity contribution is 7.15. The Morgan fingerprint density at radius 1 is 1.30 bits per heavy atom. The van der Waals surface area contributed by atoms with Crippen LogP contribution in [0.4, 0.5) is 4.39 Å². The molecule has 1 nitrogen and oxygen atoms in total. The summed E-state index contributed by atoms with van der Waals surface area (Å²) in [5.74, 6) is 0.192. The third-order valence-electron chi connectivity index (χ3n) is 3.97. The van der Waals surface area contributed by atoms with Crippen molar-refractivity contribution >= 4 is 11.3 Å². The lowest BCUT2D eigenvalue weighted by molar-refractivity contribution is 0.313. The predicted molar refractivity (Wildman–Crippen MR) is 83.8 cm³/mol. The molecule has 0 saturated heterocycles. The number of fused-ring (bicyclic) bond motifs is 1. The molecule has 0 saturated carbocycles. The van der Waals surface area contributed by atoms with Gasteiger partial charge in [-0.05, 0) is 42.1 Å². The fourth-order valence-electron chi connectivity index (χ4n) is 2.86. The first-order valence-corrected chi connectivity index (χ1v) is 7.97. The lowest BCUT2D eigenvalue weighted by Crippen LogP contribution is -2.26. The highest BCUT2D eigenvalue weighted by atomic mass is 32.1. The van der Waals surface area contributed by atoms with E-state index in [0.717, 1.165) is 29.3 Å². The summed E-state index contributed by atoms with van der Waals surface area (Å²) in [6, 6.07) is 8.16. The highest BCUT2D eigenvalue weighted by Crippen LogP contribution is 2.38. The standard InChI is InChI=1S/C17H20FNS/c1-11(2)17-15(18)9-16(20-17)13-6-4-5-12-7-8-19(3)10-14(12)13/h4-6,9,11H,7-8,10H2,1-3H3. The maximum atomic E-state index is 14.1. The first-order chi connectivity index (χ1) is 9.56. The summed E-state index contributed by atoms with van der Waals surface area (Å²) < 4.78 is 14.1. The Morgan fingerprint density at radius 3 is 2.80 bits per heavy atom. The minimum atomic E-state index is -0.0539. The summed E-state index contributed by atoms with van der Waals surface area (Å²) in [6.07, 6.45) is 1.09. The molecule has 3 heteroatoms. The minimum Gasteiger partial charge on any atom is -0.302 e. The Kier molecular flexibility index (Phi) is 3.65. The normalized spacial score (nSPS) is 15.7. The van der Waals surface area contributed by atoms with E-state index in [1.165, 1.54) is 16.7 Å². The molecular formula is C17H20FNS. The Hall–Kier alpha value is -1.19. The van der Waals surface area contributed by atoms with Crippen molar-refractivity contribution in [3.05, 3.63) is 46.1 Å². The molecular weight excluding hydrogens is 269 g/mol. The van der Waals surface area contributed by atoms with E-state index in [1.807, 2.05) is 13.8 Å². The SMILES string of the molecule is CC(C)c1sc(-c2cccc3c2CN(C)CC3)cc1F. The topological polar surface area (TPSA) is 3.24 Å². The number of hydrogen-bond donors (Lipinski definition) is 0. The molecule has 0 unspecified atom stereocenters. The summed E-state index contributed by atoms with van der Waals surface area (Å²) in [5, 5.41) is 0. The number of likely N-dealkylation sites (N-methyl/N-ethyl adjacent to an activating group) is 1. The number of hydrogen-bond acceptors (Lipinski definition) is 2. The van der Waals surface area contributed by atoms with Gasteiger partial charge in [0.2, 0.25) is 0 Å². The fraction of sp³-hybridized carbons (Fsp3) is 0.412. The highest BCUT2D eigenvalue weighted by Gasteiger charge is 2.20. The molecule has 3 rings (SSSR count). The van der Waals surface area contributed by atoms with Crippen molar-refractivity contribution in [2.75, 3.05) is 13.6 Å². The van der Waals surface area contributed by atoms with Crippen molar-refractivity contribution in [2.24, 2.45) is 0 Å². The molecule has 0 radical (unpaired) electrons. The monoisotopic (exact) mass is 289 g/mol. The summed E-state index contributed by atoms with van der Waals surface area (Å²) in [5.41, 5.74) is 4.00. The average molecular weight is 289 g/mol. The zero-order valence-electron chi connectivity index (χ0n) is 12.2. The summed E-state index contributed by atoms with van der Waals surface area (Å²) >= 11 is 1.60. The molecule has 0 atom stereocenters. The van der Waals surface area contributed by atoms with E-state index in [0.29, 0.717) is 0 Å². The van der Waals surface area contributed by atoms with Crippen molar-refractivity contribution in [3.63, 3.8) is 0 Å². The lowest BCUT2D eigenvalue weighted by Gasteiger charge is -2.26. The van der Waals surface area contributed by atoms with Gasteiger partial charge in [0.05, 0.1) is 0 Å². The van der Waals surface area contributed by atoms with E-state index in [1.54, 1.807) is 17.4 Å². The number of benzene rings is 1. The zero-order chi connectivity index (χ0) is 14.3. The second-order valence-corrected chi connectivity index (χ2v) is 6.99. The second kappa shape index (κ2) is 5.30. The van der Waals surface area contributed by atoms with Gasteiger partial charge in [0.1, 0.15) is 5.82 Å². The van der Waals surface area contributed by atoms with E-state index in [2.05, 4.69) is 30.1 Å². The Labute approximate surface area is 124 Å². The molecule has 1 aliphatic heterocycles. The van der Waals surface area contributed by atoms with Crippen LogP contribution in [-0.2, 0) is 13.0 Å². The average Bonchev–Trinajstić information content (AvgIpc) is 2.80. The minimum absolute atomic E-state index is 0.0539. The molecule has 1 aliphatic rings. The van der Waals surface area contributed by atoms with Gasteiger partial charge in [0, 0.05) is 22.8 Å². The van der Waals surface area contributed by atoms with Gasteiger partial charge in [-0.2, -0.15) is 0 Å². The Balaban J connectivity index is 2.09. The molecule has 0 aliphatic carbocycles. The van der Waals surface area contributed by atoms with Crippen LogP contribution in [0.5, 0.6) is 0 Å². The van der Waals surface area contributed by atoms with Crippen LogP contribution in [0.15, 0.2) is 24.3 Å². The molecule has 1 aromatic carbocycles. The smallest absolute Gasteiger partial charge is 0.137 e. The molecule has 2 heterocycles. The van der Waals surface area contributed by atoms with Gasteiger partial charge in [-0.3, -0.25) is 0 Å². The van der Waals surface area contributed by atoms with Crippen LogP contribution in [0, 0.1) is 5.82 Å². The van der Waals surface area contributed by atoms with Crippen LogP contribution in [0.3, 0.4) is 0 Å². The van der Waals surface area contributed by atoms with Gasteiger partial charge in [-0.25, -0.2) is 4.39 Å². The zero-order valence-corrected chi connectivity index (χ0v) is 13.1. The third-order valence-corrected chi connectivity index (χ3v) is 5.41. The molecule has 0 N–H and O–H groups in total. The van der Waals surface area contributed by atoms with Crippen molar-refractivity contribution < 1.29 is 4.39 Å². The van der Waals surface area contributed by atoms with Crippen LogP contribution in [0.2, 0.25) is 0 Å². The van der Waals surface area contributed by atoms with E-state index < -0.39 is 0 Å². The Morgan fingerprint density at radius 2 is 2.10 bits per heavy atom. The van der Waals surface area contributed by atoms with Crippen molar-refractivity contribution in [2.45, 2.75) is 32.7 Å². The maximum absolute atomic E-state index is 14.1. The first-order valence-electron chi connectivity index (χ1n) is 7.15. The van der Waals surface area contributed by atoms with E-state index >= 15 is 0 Å². The van der Waals surface area contributed by atoms with Crippen molar-refractivity contribution in [1.29, 1.82) is 0 Å². The van der Waals surface area contributed by atoms with Gasteiger partial charge in [-0.1, -0.05) is 32.0 Å². The summed E-state index contributed by atoms with van der Waals surface area (Å²) in [6.45, 7) is 6.16. The van der Waals surface area contributed by atoms with Crippen LogP contribution in [0.25, 0.3) is 10.4 Å². The molecule has 0 amide bonds. The van der Waals surface area contributed by atoms with E-state index in [-0.39, 0.29) is 11.7 Å². The van der Waals surface area contributed by atoms with E-state index in [4.69, 9.17) is 0 Å². The van der Waals surface area contributed by atoms with Gasteiger partial charge in [-0.15, -0.1) is 11.3 Å². The number of halogens is 1. The van der Waals surface area contributed by atoms with Crippen LogP contribution >= 0.6 is 11.3 Å². The lowest BCUT2D eigenvalue weighted by atomic mass is 9.94. The third kappa shape index (κ3) is 2.40. The van der Waals surface area contributed by atoms with Gasteiger partial charge >= 0.3 is 0 Å².